The van der Waals surface area contributed by atoms with E-state index in [1.54, 1.807) is 0 Å². The normalized spacial score (nSPS) is 13.6. The summed E-state index contributed by atoms with van der Waals surface area (Å²) in [7, 11) is -4.35. The Kier molecular flexibility index (Phi) is 27.4. The van der Waals surface area contributed by atoms with Crippen LogP contribution in [0.3, 0.4) is 0 Å². The van der Waals surface area contributed by atoms with Crippen LogP contribution in [-0.2, 0) is 32.7 Å². The molecule has 40 heavy (non-hydrogen) atoms. The summed E-state index contributed by atoms with van der Waals surface area (Å²) >= 11 is 0. The minimum Gasteiger partial charge on any atom is -0.462 e. The van der Waals surface area contributed by atoms with Crippen LogP contribution in [-0.4, -0.2) is 49.3 Å². The lowest BCUT2D eigenvalue weighted by Gasteiger charge is -2.19. The molecule has 0 spiro atoms. The predicted molar refractivity (Wildman–Crippen MR) is 160 cm³/mol. The summed E-state index contributed by atoms with van der Waals surface area (Å²) in [5, 5.41) is 0. The average Bonchev–Trinajstić information content (AvgIpc) is 2.93. The molecule has 9 nitrogen and oxygen atoms in total. The van der Waals surface area contributed by atoms with Crippen molar-refractivity contribution in [3.8, 4) is 0 Å². The first kappa shape index (κ1) is 39.0. The topological polar surface area (TPSA) is 134 Å². The van der Waals surface area contributed by atoms with Crippen molar-refractivity contribution < 1.29 is 37.6 Å². The van der Waals surface area contributed by atoms with E-state index in [0.29, 0.717) is 6.42 Å². The van der Waals surface area contributed by atoms with Crippen molar-refractivity contribution in [3.05, 3.63) is 0 Å². The van der Waals surface area contributed by atoms with E-state index in [2.05, 4.69) is 13.8 Å². The van der Waals surface area contributed by atoms with E-state index in [4.69, 9.17) is 24.3 Å². The molecule has 0 aromatic carbocycles. The van der Waals surface area contributed by atoms with Gasteiger partial charge in [0.15, 0.2) is 6.10 Å². The number of ether oxygens (including phenoxy) is 2. The molecular weight excluding hydrogens is 533 g/mol. The number of rotatable bonds is 30. The monoisotopic (exact) mass is 593 g/mol. The first-order valence-electron chi connectivity index (χ1n) is 16.0. The van der Waals surface area contributed by atoms with Gasteiger partial charge in [-0.15, -0.1) is 0 Å². The van der Waals surface area contributed by atoms with Crippen LogP contribution in [0.25, 0.3) is 0 Å². The molecule has 0 aliphatic rings. The fourth-order valence-electron chi connectivity index (χ4n) is 4.34. The van der Waals surface area contributed by atoms with Gasteiger partial charge in [0.25, 0.3) is 0 Å². The molecule has 0 amide bonds. The molecule has 0 heterocycles. The van der Waals surface area contributed by atoms with Gasteiger partial charge in [-0.05, 0) is 12.8 Å². The summed E-state index contributed by atoms with van der Waals surface area (Å²) in [6.45, 7) is 3.66. The zero-order chi connectivity index (χ0) is 29.7. The SMILES string of the molecule is CCCCCCCCCCCCCCC(=O)OC[C@@H](COP(=O)(O)OCCN)OC(=O)CCCCCCCCC. The first-order valence-corrected chi connectivity index (χ1v) is 17.5. The lowest BCUT2D eigenvalue weighted by Crippen LogP contribution is -2.29. The molecule has 1 unspecified atom stereocenters. The molecule has 0 aliphatic carbocycles. The highest BCUT2D eigenvalue weighted by Crippen LogP contribution is 2.43. The molecule has 0 fully saturated rings. The van der Waals surface area contributed by atoms with Crippen molar-refractivity contribution in [2.24, 2.45) is 5.73 Å². The number of hydrogen-bond acceptors (Lipinski definition) is 8. The highest BCUT2D eigenvalue weighted by atomic mass is 31.2. The number of phosphoric acid groups is 1. The summed E-state index contributed by atoms with van der Waals surface area (Å²) < 4.78 is 32.4. The zero-order valence-electron chi connectivity index (χ0n) is 25.6. The number of hydrogen-bond donors (Lipinski definition) is 2. The molecule has 0 aromatic rings. The minimum absolute atomic E-state index is 0.0571. The van der Waals surface area contributed by atoms with Gasteiger partial charge in [0.1, 0.15) is 6.61 Å². The van der Waals surface area contributed by atoms with Gasteiger partial charge in [0, 0.05) is 19.4 Å². The van der Waals surface area contributed by atoms with Crippen molar-refractivity contribution >= 4 is 19.8 Å². The Bertz CT molecular complexity index is 649. The van der Waals surface area contributed by atoms with Crippen LogP contribution in [0.4, 0.5) is 0 Å². The van der Waals surface area contributed by atoms with Crippen LogP contribution < -0.4 is 5.73 Å². The lowest BCUT2D eigenvalue weighted by molar-refractivity contribution is -0.161. The van der Waals surface area contributed by atoms with E-state index in [0.717, 1.165) is 38.5 Å². The molecule has 10 heteroatoms. The maximum absolute atomic E-state index is 12.3. The van der Waals surface area contributed by atoms with Gasteiger partial charge in [-0.2, -0.15) is 0 Å². The number of carbonyl (C=O) groups excluding carboxylic acids is 2. The third-order valence-corrected chi connectivity index (χ3v) is 7.73. The van der Waals surface area contributed by atoms with Gasteiger partial charge in [0.2, 0.25) is 0 Å². The van der Waals surface area contributed by atoms with Crippen molar-refractivity contribution in [1.82, 2.24) is 0 Å². The molecule has 0 aliphatic heterocycles. The molecule has 0 radical (unpaired) electrons. The average molecular weight is 594 g/mol. The Morgan fingerprint density at radius 1 is 0.650 bits per heavy atom. The van der Waals surface area contributed by atoms with Crippen LogP contribution in [0.5, 0.6) is 0 Å². The Hall–Kier alpha value is -0.990. The van der Waals surface area contributed by atoms with Gasteiger partial charge < -0.3 is 20.1 Å². The van der Waals surface area contributed by atoms with Crippen LogP contribution in [0.15, 0.2) is 0 Å². The molecule has 0 bridgehead atoms. The highest BCUT2D eigenvalue weighted by molar-refractivity contribution is 7.47. The van der Waals surface area contributed by atoms with Crippen LogP contribution in [0, 0.1) is 0 Å². The molecule has 0 saturated carbocycles. The maximum atomic E-state index is 12.3. The number of esters is 2. The molecule has 238 valence electrons. The van der Waals surface area contributed by atoms with Crippen LogP contribution >= 0.6 is 7.82 Å². The van der Waals surface area contributed by atoms with E-state index >= 15 is 0 Å². The van der Waals surface area contributed by atoms with E-state index < -0.39 is 26.5 Å². The van der Waals surface area contributed by atoms with E-state index in [-0.39, 0.29) is 38.6 Å². The summed E-state index contributed by atoms with van der Waals surface area (Å²) in [6.07, 6.45) is 21.5. The highest BCUT2D eigenvalue weighted by Gasteiger charge is 2.25. The summed E-state index contributed by atoms with van der Waals surface area (Å²) in [5.41, 5.74) is 5.30. The van der Waals surface area contributed by atoms with Crippen LogP contribution in [0.2, 0.25) is 0 Å². The van der Waals surface area contributed by atoms with Gasteiger partial charge in [-0.1, -0.05) is 123 Å². The maximum Gasteiger partial charge on any atom is 0.472 e. The Morgan fingerprint density at radius 2 is 1.07 bits per heavy atom. The fraction of sp³-hybridized carbons (Fsp3) is 0.933. The number of carbonyl (C=O) groups is 2. The van der Waals surface area contributed by atoms with E-state index in [9.17, 15) is 19.0 Å². The Balaban J connectivity index is 4.25. The largest absolute Gasteiger partial charge is 0.472 e. The van der Waals surface area contributed by atoms with Crippen molar-refractivity contribution in [3.63, 3.8) is 0 Å². The second kappa shape index (κ2) is 28.1. The third kappa shape index (κ3) is 27.2. The number of phosphoric ester groups is 1. The second-order valence-electron chi connectivity index (χ2n) is 10.7. The summed E-state index contributed by atoms with van der Waals surface area (Å²) in [4.78, 5) is 34.3. The fourth-order valence-corrected chi connectivity index (χ4v) is 5.10. The Morgan fingerprint density at radius 3 is 1.52 bits per heavy atom. The smallest absolute Gasteiger partial charge is 0.462 e. The number of unbranched alkanes of at least 4 members (excludes halogenated alkanes) is 17. The summed E-state index contributed by atoms with van der Waals surface area (Å²) in [5.74, 6) is -0.832. The third-order valence-electron chi connectivity index (χ3n) is 6.74. The van der Waals surface area contributed by atoms with E-state index in [1.165, 1.54) is 77.0 Å². The standard InChI is InChI=1S/C30H60NO8P/c1-3-5-7-9-11-12-13-14-15-17-18-20-22-29(32)36-26-28(27-38-40(34,35)37-25-24-31)39-30(33)23-21-19-16-10-8-6-4-2/h28H,3-27,31H2,1-2H3,(H,34,35)/t28-/m0/s1. The predicted octanol–water partition coefficient (Wildman–Crippen LogP) is 7.77. The van der Waals surface area contributed by atoms with Gasteiger partial charge in [-0.3, -0.25) is 18.6 Å². The molecule has 0 aromatic heterocycles. The molecular formula is C30H60NO8P. The van der Waals surface area contributed by atoms with Crippen LogP contribution in [0.1, 0.15) is 149 Å². The molecule has 0 saturated heterocycles. The van der Waals surface area contributed by atoms with Crippen molar-refractivity contribution in [2.75, 3.05) is 26.4 Å². The van der Waals surface area contributed by atoms with Crippen molar-refractivity contribution in [2.45, 2.75) is 155 Å². The second-order valence-corrected chi connectivity index (χ2v) is 12.1. The first-order chi connectivity index (χ1) is 19.3. The summed E-state index contributed by atoms with van der Waals surface area (Å²) in [6, 6.07) is 0. The molecule has 3 N–H and O–H groups in total. The quantitative estimate of drug-likeness (QED) is 0.0486. The molecule has 2 atom stereocenters. The zero-order valence-corrected chi connectivity index (χ0v) is 26.5. The molecule has 0 rings (SSSR count). The number of nitrogens with two attached hydrogens (primary N) is 1. The van der Waals surface area contributed by atoms with E-state index in [1.807, 2.05) is 0 Å². The van der Waals surface area contributed by atoms with Crippen molar-refractivity contribution in [1.29, 1.82) is 0 Å². The Labute approximate surface area is 244 Å². The minimum atomic E-state index is -4.35. The van der Waals surface area contributed by atoms with Gasteiger partial charge >= 0.3 is 19.8 Å². The lowest BCUT2D eigenvalue weighted by atomic mass is 10.0. The van der Waals surface area contributed by atoms with Gasteiger partial charge in [-0.25, -0.2) is 4.57 Å². The van der Waals surface area contributed by atoms with Gasteiger partial charge in [0.05, 0.1) is 13.2 Å².